The first-order valence-corrected chi connectivity index (χ1v) is 5.97. The van der Waals surface area contributed by atoms with E-state index in [-0.39, 0.29) is 0 Å². The highest BCUT2D eigenvalue weighted by atomic mass is 16.5. The van der Waals surface area contributed by atoms with Gasteiger partial charge in [-0.15, -0.1) is 0 Å². The summed E-state index contributed by atoms with van der Waals surface area (Å²) in [5, 5.41) is 56.0. The summed E-state index contributed by atoms with van der Waals surface area (Å²) in [4.78, 5) is 22.7. The van der Waals surface area contributed by atoms with Crippen LogP contribution in [0.25, 0.3) is 0 Å². The average molecular weight is 322 g/mol. The van der Waals surface area contributed by atoms with Crippen LogP contribution < -0.4 is 4.74 Å². The van der Waals surface area contributed by atoms with Gasteiger partial charge in [-0.2, -0.15) is 0 Å². The first kappa shape index (κ1) is 15.8. The van der Waals surface area contributed by atoms with E-state index in [1.165, 1.54) is 0 Å². The second kappa shape index (κ2) is 5.64. The number of hydrogen-bond acceptors (Lipinski definition) is 8. The molecule has 2 rings (SSSR count). The van der Waals surface area contributed by atoms with Crippen LogP contribution in [-0.2, 0) is 0 Å². The number of aromatic hydroxyl groups is 5. The van der Waals surface area contributed by atoms with E-state index in [0.29, 0.717) is 0 Å². The number of ether oxygens (including phenoxy) is 1. The monoisotopic (exact) mass is 322 g/mol. The van der Waals surface area contributed by atoms with E-state index in [1.54, 1.807) is 0 Å². The van der Waals surface area contributed by atoms with Crippen molar-refractivity contribution >= 4 is 11.9 Å². The Labute approximate surface area is 127 Å². The minimum Gasteiger partial charge on any atom is -0.508 e. The smallest absolute Gasteiger partial charge is 0.351 e. The number of carboxylic acid groups (broad SMARTS) is 1. The lowest BCUT2D eigenvalue weighted by Crippen LogP contribution is -2.09. The molecule has 0 unspecified atom stereocenters. The molecule has 6 N–H and O–H groups in total. The predicted octanol–water partition coefficient (Wildman–Crippen LogP) is 1.13. The maximum absolute atomic E-state index is 11.9. The van der Waals surface area contributed by atoms with Crippen LogP contribution in [0.1, 0.15) is 20.7 Å². The molecule has 0 heterocycles. The molecule has 0 bridgehead atoms. The highest BCUT2D eigenvalue weighted by Gasteiger charge is 2.22. The maximum Gasteiger partial charge on any atom is 0.351 e. The third kappa shape index (κ3) is 3.02. The number of rotatable bonds is 3. The minimum atomic E-state index is -1.59. The molecule has 0 fully saturated rings. The van der Waals surface area contributed by atoms with Crippen molar-refractivity contribution in [2.45, 2.75) is 0 Å². The molecule has 2 aromatic carbocycles. The summed E-state index contributed by atoms with van der Waals surface area (Å²) in [5.74, 6) is -6.99. The summed E-state index contributed by atoms with van der Waals surface area (Å²) in [7, 11) is 0. The van der Waals surface area contributed by atoms with Gasteiger partial charge in [0.25, 0.3) is 0 Å². The average Bonchev–Trinajstić information content (AvgIpc) is 2.35. The number of carbonyl (C=O) groups excluding carboxylic acids is 1. The van der Waals surface area contributed by atoms with Crippen molar-refractivity contribution in [2.24, 2.45) is 0 Å². The Kier molecular flexibility index (Phi) is 3.86. The van der Waals surface area contributed by atoms with E-state index in [2.05, 4.69) is 0 Å². The zero-order valence-electron chi connectivity index (χ0n) is 11.2. The van der Waals surface area contributed by atoms with Gasteiger partial charge in [-0.25, -0.2) is 9.59 Å². The maximum atomic E-state index is 11.9. The summed E-state index contributed by atoms with van der Waals surface area (Å²) in [6.45, 7) is 0. The van der Waals surface area contributed by atoms with Gasteiger partial charge in [-0.1, -0.05) is 0 Å². The van der Waals surface area contributed by atoms with Crippen molar-refractivity contribution in [3.05, 3.63) is 35.4 Å². The Morgan fingerprint density at radius 1 is 0.739 bits per heavy atom. The molecule has 0 aliphatic rings. The molecule has 0 aliphatic carbocycles. The van der Waals surface area contributed by atoms with Crippen molar-refractivity contribution in [1.29, 1.82) is 0 Å². The molecule has 9 heteroatoms. The first-order chi connectivity index (χ1) is 10.7. The van der Waals surface area contributed by atoms with E-state index < -0.39 is 57.6 Å². The van der Waals surface area contributed by atoms with E-state index in [1.807, 2.05) is 0 Å². The zero-order chi connectivity index (χ0) is 17.3. The van der Waals surface area contributed by atoms with Crippen LogP contribution >= 0.6 is 0 Å². The molecule has 0 atom stereocenters. The van der Waals surface area contributed by atoms with Crippen molar-refractivity contribution < 1.29 is 45.0 Å². The summed E-state index contributed by atoms with van der Waals surface area (Å²) >= 11 is 0. The molecular formula is C14H10O9. The molecule has 0 saturated heterocycles. The van der Waals surface area contributed by atoms with Gasteiger partial charge in [-0.3, -0.25) is 0 Å². The van der Waals surface area contributed by atoms with Crippen LogP contribution in [0.4, 0.5) is 0 Å². The summed E-state index contributed by atoms with van der Waals surface area (Å²) < 4.78 is 4.74. The largest absolute Gasteiger partial charge is 0.508 e. The predicted molar refractivity (Wildman–Crippen MR) is 73.1 cm³/mol. The van der Waals surface area contributed by atoms with Crippen molar-refractivity contribution in [3.63, 3.8) is 0 Å². The Hall–Kier alpha value is -3.62. The van der Waals surface area contributed by atoms with E-state index in [9.17, 15) is 30.0 Å². The van der Waals surface area contributed by atoms with Gasteiger partial charge < -0.3 is 35.4 Å². The first-order valence-electron chi connectivity index (χ1n) is 5.97. The molecule has 0 amide bonds. The molecular weight excluding hydrogens is 312 g/mol. The zero-order valence-corrected chi connectivity index (χ0v) is 11.2. The van der Waals surface area contributed by atoms with Gasteiger partial charge in [-0.05, 0) is 0 Å². The van der Waals surface area contributed by atoms with Crippen LogP contribution in [0.3, 0.4) is 0 Å². The molecule has 9 nitrogen and oxygen atoms in total. The lowest BCUT2D eigenvalue weighted by molar-refractivity contribution is 0.0690. The van der Waals surface area contributed by atoms with Gasteiger partial charge in [0.05, 0.1) is 0 Å². The van der Waals surface area contributed by atoms with Gasteiger partial charge in [0.2, 0.25) is 0 Å². The van der Waals surface area contributed by atoms with Gasteiger partial charge >= 0.3 is 11.9 Å². The molecule has 0 radical (unpaired) electrons. The Morgan fingerprint density at radius 3 is 1.61 bits per heavy atom. The molecule has 23 heavy (non-hydrogen) atoms. The third-order valence-electron chi connectivity index (χ3n) is 2.78. The van der Waals surface area contributed by atoms with Crippen LogP contribution in [-0.4, -0.2) is 42.6 Å². The van der Waals surface area contributed by atoms with Crippen molar-refractivity contribution in [1.82, 2.24) is 0 Å². The Balaban J connectivity index is 2.37. The molecule has 0 aliphatic heterocycles. The number of phenols is 5. The number of carbonyl (C=O) groups is 2. The number of phenolic OH excluding ortho intramolecular Hbond substituents is 3. The highest BCUT2D eigenvalue weighted by Crippen LogP contribution is 2.35. The van der Waals surface area contributed by atoms with Gasteiger partial charge in [0, 0.05) is 24.3 Å². The normalized spacial score (nSPS) is 10.3. The molecule has 0 spiro atoms. The van der Waals surface area contributed by atoms with E-state index in [0.717, 1.165) is 24.3 Å². The van der Waals surface area contributed by atoms with E-state index >= 15 is 0 Å². The molecule has 0 aromatic heterocycles. The number of hydrogen-bond donors (Lipinski definition) is 6. The molecule has 120 valence electrons. The van der Waals surface area contributed by atoms with E-state index in [4.69, 9.17) is 14.9 Å². The molecule has 0 saturated carbocycles. The van der Waals surface area contributed by atoms with Crippen molar-refractivity contribution in [3.8, 4) is 34.5 Å². The lowest BCUT2D eigenvalue weighted by atomic mass is 10.1. The second-order valence-corrected chi connectivity index (χ2v) is 4.39. The van der Waals surface area contributed by atoms with Crippen LogP contribution in [0.2, 0.25) is 0 Å². The SMILES string of the molecule is O=C(O)c1c(O)cc(OC(=O)c2c(O)cc(O)cc2O)cc1O. The lowest BCUT2D eigenvalue weighted by Gasteiger charge is -2.10. The second-order valence-electron chi connectivity index (χ2n) is 4.39. The summed E-state index contributed by atoms with van der Waals surface area (Å²) in [6, 6.07) is 3.10. The Morgan fingerprint density at radius 2 is 1.17 bits per heavy atom. The summed E-state index contributed by atoms with van der Waals surface area (Å²) in [5.41, 5.74) is -1.44. The van der Waals surface area contributed by atoms with Crippen LogP contribution in [0.15, 0.2) is 24.3 Å². The number of aromatic carboxylic acids is 1. The van der Waals surface area contributed by atoms with Gasteiger partial charge in [0.1, 0.15) is 45.6 Å². The highest BCUT2D eigenvalue weighted by molar-refractivity contribution is 5.98. The summed E-state index contributed by atoms with van der Waals surface area (Å²) in [6.07, 6.45) is 0. The fourth-order valence-corrected chi connectivity index (χ4v) is 1.83. The quantitative estimate of drug-likeness (QED) is 0.359. The number of carboxylic acids is 1. The minimum absolute atomic E-state index is 0.429. The number of esters is 1. The third-order valence-corrected chi connectivity index (χ3v) is 2.78. The van der Waals surface area contributed by atoms with Gasteiger partial charge in [0.15, 0.2) is 0 Å². The number of benzene rings is 2. The molecule has 2 aromatic rings. The standard InChI is InChI=1S/C14H10O9/c15-5-1-7(16)12(8(17)2-5)14(22)23-6-3-9(18)11(13(20)21)10(19)4-6/h1-4,15-19H,(H,20,21). The van der Waals surface area contributed by atoms with Crippen molar-refractivity contribution in [2.75, 3.05) is 0 Å². The van der Waals surface area contributed by atoms with Crippen LogP contribution in [0, 0.1) is 0 Å². The Bertz CT molecular complexity index is 764. The fraction of sp³-hybridized carbons (Fsp3) is 0. The van der Waals surface area contributed by atoms with Crippen LogP contribution in [0.5, 0.6) is 34.5 Å². The topological polar surface area (TPSA) is 165 Å². The fourth-order valence-electron chi connectivity index (χ4n) is 1.83.